The minimum Gasteiger partial charge on any atom is -0.478 e. The fourth-order valence-electron chi connectivity index (χ4n) is 1.15. The van der Waals surface area contributed by atoms with Gasteiger partial charge in [-0.05, 0) is 12.1 Å². The van der Waals surface area contributed by atoms with Crippen LogP contribution in [0.2, 0.25) is 0 Å². The summed E-state index contributed by atoms with van der Waals surface area (Å²) in [6.07, 6.45) is 2.59. The second kappa shape index (κ2) is 3.41. The van der Waals surface area contributed by atoms with Crippen LogP contribution < -0.4 is 5.73 Å². The maximum Gasteiger partial charge on any atom is 0.339 e. The van der Waals surface area contributed by atoms with Gasteiger partial charge in [0.1, 0.15) is 11.3 Å². The number of aromatic nitrogens is 2. The van der Waals surface area contributed by atoms with Crippen molar-refractivity contribution in [1.82, 2.24) is 9.97 Å². The van der Waals surface area contributed by atoms with Gasteiger partial charge in [-0.1, -0.05) is 0 Å². The molecule has 0 amide bonds. The smallest absolute Gasteiger partial charge is 0.339 e. The number of furan rings is 1. The molecule has 0 aliphatic heterocycles. The highest BCUT2D eigenvalue weighted by Gasteiger charge is 2.16. The van der Waals surface area contributed by atoms with E-state index in [4.69, 9.17) is 15.3 Å². The number of aromatic carboxylic acids is 1. The third kappa shape index (κ3) is 1.64. The molecule has 0 aromatic carbocycles. The monoisotopic (exact) mass is 205 g/mol. The van der Waals surface area contributed by atoms with Crippen molar-refractivity contribution in [2.75, 3.05) is 5.73 Å². The zero-order chi connectivity index (χ0) is 10.8. The van der Waals surface area contributed by atoms with Crippen LogP contribution in [0.15, 0.2) is 29.0 Å². The summed E-state index contributed by atoms with van der Waals surface area (Å²) in [7, 11) is 0. The summed E-state index contributed by atoms with van der Waals surface area (Å²) in [6, 6.07) is 3.24. The average molecular weight is 205 g/mol. The Bertz CT molecular complexity index is 493. The van der Waals surface area contributed by atoms with Gasteiger partial charge >= 0.3 is 5.97 Å². The van der Waals surface area contributed by atoms with Crippen LogP contribution >= 0.6 is 0 Å². The van der Waals surface area contributed by atoms with Gasteiger partial charge in [0.2, 0.25) is 5.95 Å². The van der Waals surface area contributed by atoms with Gasteiger partial charge < -0.3 is 15.3 Å². The van der Waals surface area contributed by atoms with Gasteiger partial charge in [0.05, 0.1) is 6.26 Å². The second-order valence-electron chi connectivity index (χ2n) is 2.77. The summed E-state index contributed by atoms with van der Waals surface area (Å²) >= 11 is 0. The third-order valence-corrected chi connectivity index (χ3v) is 1.79. The Labute approximate surface area is 84.4 Å². The number of carbonyl (C=O) groups is 1. The van der Waals surface area contributed by atoms with Crippen LogP contribution in [-0.2, 0) is 0 Å². The molecule has 2 aromatic heterocycles. The number of nitrogens with zero attached hydrogens (tertiary/aromatic N) is 2. The molecule has 3 N–H and O–H groups in total. The molecule has 0 aliphatic carbocycles. The van der Waals surface area contributed by atoms with Gasteiger partial charge in [0, 0.05) is 6.20 Å². The number of nitrogens with two attached hydrogens (primary N) is 1. The van der Waals surface area contributed by atoms with Crippen LogP contribution in [0, 0.1) is 0 Å². The first-order valence-corrected chi connectivity index (χ1v) is 4.08. The molecular formula is C9H7N3O3. The third-order valence-electron chi connectivity index (χ3n) is 1.79. The summed E-state index contributed by atoms with van der Waals surface area (Å²) < 4.78 is 5.06. The molecule has 76 valence electrons. The molecule has 0 saturated carbocycles. The summed E-state index contributed by atoms with van der Waals surface area (Å²) in [4.78, 5) is 18.3. The van der Waals surface area contributed by atoms with E-state index in [-0.39, 0.29) is 17.2 Å². The Morgan fingerprint density at radius 3 is 2.93 bits per heavy atom. The molecule has 0 radical (unpaired) electrons. The summed E-state index contributed by atoms with van der Waals surface area (Å²) in [5.74, 6) is -0.769. The molecule has 6 nitrogen and oxygen atoms in total. The van der Waals surface area contributed by atoms with E-state index in [0.717, 1.165) is 6.20 Å². The quantitative estimate of drug-likeness (QED) is 0.758. The van der Waals surface area contributed by atoms with E-state index in [2.05, 4.69) is 9.97 Å². The molecule has 0 saturated heterocycles. The van der Waals surface area contributed by atoms with E-state index in [1.54, 1.807) is 12.1 Å². The standard InChI is InChI=1S/C9H7N3O3/c10-9-11-4-5(8(13)14)7(12-9)6-2-1-3-15-6/h1-4H,(H,13,14)(H2,10,11,12). The van der Waals surface area contributed by atoms with Crippen molar-refractivity contribution in [1.29, 1.82) is 0 Å². The highest BCUT2D eigenvalue weighted by molar-refractivity contribution is 5.93. The van der Waals surface area contributed by atoms with Gasteiger partial charge in [-0.25, -0.2) is 14.8 Å². The first kappa shape index (κ1) is 9.20. The normalized spacial score (nSPS) is 10.1. The summed E-state index contributed by atoms with van der Waals surface area (Å²) in [6.45, 7) is 0. The lowest BCUT2D eigenvalue weighted by molar-refractivity contribution is 0.0696. The first-order chi connectivity index (χ1) is 7.18. The number of rotatable bonds is 2. The first-order valence-electron chi connectivity index (χ1n) is 4.08. The number of hydrogen-bond acceptors (Lipinski definition) is 5. The van der Waals surface area contributed by atoms with Crippen molar-refractivity contribution < 1.29 is 14.3 Å². The van der Waals surface area contributed by atoms with Crippen molar-refractivity contribution in [2.24, 2.45) is 0 Å². The summed E-state index contributed by atoms with van der Waals surface area (Å²) in [5, 5.41) is 8.89. The minimum absolute atomic E-state index is 0.00593. The lowest BCUT2D eigenvalue weighted by Gasteiger charge is -2.01. The fourth-order valence-corrected chi connectivity index (χ4v) is 1.15. The SMILES string of the molecule is Nc1ncc(C(=O)O)c(-c2ccco2)n1. The number of anilines is 1. The topological polar surface area (TPSA) is 102 Å². The fraction of sp³-hybridized carbons (Fsp3) is 0. The minimum atomic E-state index is -1.12. The van der Waals surface area contributed by atoms with Crippen molar-refractivity contribution >= 4 is 11.9 Å². The van der Waals surface area contributed by atoms with Crippen LogP contribution in [0.3, 0.4) is 0 Å². The number of hydrogen-bond donors (Lipinski definition) is 2. The van der Waals surface area contributed by atoms with Gasteiger partial charge in [-0.15, -0.1) is 0 Å². The van der Waals surface area contributed by atoms with Crippen LogP contribution in [0.1, 0.15) is 10.4 Å². The number of carboxylic acids is 1. The van der Waals surface area contributed by atoms with E-state index in [1.165, 1.54) is 6.26 Å². The van der Waals surface area contributed by atoms with Crippen molar-refractivity contribution in [2.45, 2.75) is 0 Å². The molecule has 2 aromatic rings. The molecule has 2 heterocycles. The van der Waals surface area contributed by atoms with Gasteiger partial charge in [-0.3, -0.25) is 0 Å². The van der Waals surface area contributed by atoms with Gasteiger partial charge in [0.25, 0.3) is 0 Å². The van der Waals surface area contributed by atoms with E-state index >= 15 is 0 Å². The predicted molar refractivity (Wildman–Crippen MR) is 51.1 cm³/mol. The molecule has 0 aliphatic rings. The second-order valence-corrected chi connectivity index (χ2v) is 2.77. The Hall–Kier alpha value is -2.37. The van der Waals surface area contributed by atoms with Crippen molar-refractivity contribution in [3.8, 4) is 11.5 Å². The number of carboxylic acid groups (broad SMARTS) is 1. The van der Waals surface area contributed by atoms with E-state index < -0.39 is 5.97 Å². The maximum atomic E-state index is 10.9. The molecule has 15 heavy (non-hydrogen) atoms. The van der Waals surface area contributed by atoms with E-state index in [9.17, 15) is 4.79 Å². The van der Waals surface area contributed by atoms with Crippen LogP contribution in [0.5, 0.6) is 0 Å². The number of nitrogen functional groups attached to an aromatic ring is 1. The van der Waals surface area contributed by atoms with Crippen molar-refractivity contribution in [3.05, 3.63) is 30.2 Å². The lowest BCUT2D eigenvalue weighted by Crippen LogP contribution is -2.05. The zero-order valence-corrected chi connectivity index (χ0v) is 7.54. The van der Waals surface area contributed by atoms with E-state index in [0.29, 0.717) is 5.76 Å². The molecular weight excluding hydrogens is 198 g/mol. The maximum absolute atomic E-state index is 10.9. The Morgan fingerprint density at radius 2 is 2.33 bits per heavy atom. The highest BCUT2D eigenvalue weighted by Crippen LogP contribution is 2.21. The molecule has 0 spiro atoms. The highest BCUT2D eigenvalue weighted by atomic mass is 16.4. The Balaban J connectivity index is 2.63. The Morgan fingerprint density at radius 1 is 1.53 bits per heavy atom. The van der Waals surface area contributed by atoms with Crippen molar-refractivity contribution in [3.63, 3.8) is 0 Å². The molecule has 2 rings (SSSR count). The van der Waals surface area contributed by atoms with Crippen LogP contribution in [-0.4, -0.2) is 21.0 Å². The van der Waals surface area contributed by atoms with Gasteiger partial charge in [0.15, 0.2) is 5.76 Å². The molecule has 0 bridgehead atoms. The molecule has 6 heteroatoms. The summed E-state index contributed by atoms with van der Waals surface area (Å²) in [5.41, 5.74) is 5.52. The zero-order valence-electron chi connectivity index (χ0n) is 7.54. The average Bonchev–Trinajstić information content (AvgIpc) is 2.69. The van der Waals surface area contributed by atoms with Crippen LogP contribution in [0.25, 0.3) is 11.5 Å². The molecule has 0 unspecified atom stereocenters. The molecule has 0 atom stereocenters. The van der Waals surface area contributed by atoms with Gasteiger partial charge in [-0.2, -0.15) is 0 Å². The molecule has 0 fully saturated rings. The predicted octanol–water partition coefficient (Wildman–Crippen LogP) is 1.02. The Kier molecular flexibility index (Phi) is 2.09. The largest absolute Gasteiger partial charge is 0.478 e. The van der Waals surface area contributed by atoms with E-state index in [1.807, 2.05) is 0 Å². The lowest BCUT2D eigenvalue weighted by atomic mass is 10.2. The van der Waals surface area contributed by atoms with Crippen LogP contribution in [0.4, 0.5) is 5.95 Å².